The topological polar surface area (TPSA) is 39.7 Å². The first kappa shape index (κ1) is 19.1. The fourth-order valence-corrected chi connectivity index (χ4v) is 5.64. The van der Waals surface area contributed by atoms with E-state index in [2.05, 4.69) is 32.2 Å². The Labute approximate surface area is 177 Å². The number of nitrogens with zero attached hydrogens (tertiary/aromatic N) is 4. The van der Waals surface area contributed by atoms with Gasteiger partial charge in [0.25, 0.3) is 0 Å². The number of likely N-dealkylation sites (tertiary alicyclic amines) is 1. The fraction of sp³-hybridized carbons (Fsp3) is 0.565. The molecule has 29 heavy (non-hydrogen) atoms. The van der Waals surface area contributed by atoms with Crippen molar-refractivity contribution in [2.45, 2.75) is 44.1 Å². The van der Waals surface area contributed by atoms with E-state index < -0.39 is 0 Å². The molecule has 3 fully saturated rings. The van der Waals surface area contributed by atoms with Crippen LogP contribution in [0.5, 0.6) is 0 Å². The number of carbonyl (C=O) groups is 1. The van der Waals surface area contributed by atoms with Crippen LogP contribution in [0.1, 0.15) is 43.4 Å². The maximum absolute atomic E-state index is 13.2. The summed E-state index contributed by atoms with van der Waals surface area (Å²) in [6.07, 6.45) is 5.98. The fourth-order valence-electron chi connectivity index (χ4n) is 4.77. The van der Waals surface area contributed by atoms with Crippen molar-refractivity contribution in [3.63, 3.8) is 0 Å². The summed E-state index contributed by atoms with van der Waals surface area (Å²) in [5.74, 6) is 0.327. The maximum atomic E-state index is 13.2. The molecule has 5 rings (SSSR count). The molecule has 1 saturated carbocycles. The number of hydrogen-bond acceptors (Lipinski definition) is 5. The number of rotatable bonds is 5. The minimum Gasteiger partial charge on any atom is -0.345 e. The molecule has 0 atom stereocenters. The van der Waals surface area contributed by atoms with Gasteiger partial charge in [-0.15, -0.1) is 11.3 Å². The van der Waals surface area contributed by atoms with E-state index in [0.29, 0.717) is 5.91 Å². The van der Waals surface area contributed by atoms with Gasteiger partial charge in [-0.25, -0.2) is 4.98 Å². The molecule has 6 heteroatoms. The van der Waals surface area contributed by atoms with Gasteiger partial charge in [-0.2, -0.15) is 0 Å². The molecule has 1 aromatic heterocycles. The molecule has 3 aliphatic rings. The molecule has 1 aromatic carbocycles. The lowest BCUT2D eigenvalue weighted by molar-refractivity contribution is -0.134. The van der Waals surface area contributed by atoms with Gasteiger partial charge in [0.15, 0.2) is 5.13 Å². The van der Waals surface area contributed by atoms with Crippen LogP contribution in [0.15, 0.2) is 35.7 Å². The number of hydrogen-bond donors (Lipinski definition) is 0. The predicted octanol–water partition coefficient (Wildman–Crippen LogP) is 3.51. The second-order valence-corrected chi connectivity index (χ2v) is 9.52. The molecule has 154 valence electrons. The molecule has 0 unspecified atom stereocenters. The normalized spacial score (nSPS) is 21.9. The first-order valence-electron chi connectivity index (χ1n) is 11.0. The third kappa shape index (κ3) is 3.92. The lowest BCUT2D eigenvalue weighted by atomic mass is 9.94. The van der Waals surface area contributed by atoms with Gasteiger partial charge in [-0.1, -0.05) is 36.8 Å². The Morgan fingerprint density at radius 3 is 2.38 bits per heavy atom. The van der Waals surface area contributed by atoms with Crippen molar-refractivity contribution in [1.29, 1.82) is 0 Å². The van der Waals surface area contributed by atoms with Crippen LogP contribution in [0, 0.1) is 0 Å². The summed E-state index contributed by atoms with van der Waals surface area (Å²) < 4.78 is 0. The Kier molecular flexibility index (Phi) is 5.31. The van der Waals surface area contributed by atoms with Crippen molar-refractivity contribution < 1.29 is 4.79 Å². The second kappa shape index (κ2) is 8.07. The molecule has 5 nitrogen and oxygen atoms in total. The molecule has 2 aliphatic heterocycles. The number of anilines is 1. The smallest absolute Gasteiger partial charge is 0.233 e. The van der Waals surface area contributed by atoms with E-state index in [-0.39, 0.29) is 5.41 Å². The van der Waals surface area contributed by atoms with E-state index >= 15 is 0 Å². The van der Waals surface area contributed by atoms with Gasteiger partial charge in [-0.3, -0.25) is 9.69 Å². The van der Waals surface area contributed by atoms with Gasteiger partial charge in [0, 0.05) is 38.1 Å². The van der Waals surface area contributed by atoms with Crippen molar-refractivity contribution in [3.8, 4) is 0 Å². The van der Waals surface area contributed by atoms with Crippen LogP contribution in [0.2, 0.25) is 0 Å². The summed E-state index contributed by atoms with van der Waals surface area (Å²) in [7, 11) is 0. The highest BCUT2D eigenvalue weighted by Crippen LogP contribution is 2.49. The summed E-state index contributed by atoms with van der Waals surface area (Å²) in [6, 6.07) is 10.3. The van der Waals surface area contributed by atoms with Crippen LogP contribution in [-0.2, 0) is 16.8 Å². The van der Waals surface area contributed by atoms with Gasteiger partial charge >= 0.3 is 0 Å². The summed E-state index contributed by atoms with van der Waals surface area (Å²) in [6.45, 7) is 6.76. The van der Waals surface area contributed by atoms with Crippen molar-refractivity contribution in [3.05, 3.63) is 47.0 Å². The third-order valence-electron chi connectivity index (χ3n) is 6.70. The third-order valence-corrected chi connectivity index (χ3v) is 7.65. The molecular formula is C23H30N4OS. The quantitative estimate of drug-likeness (QED) is 0.756. The molecule has 2 aromatic rings. The molecule has 0 radical (unpaired) electrons. The van der Waals surface area contributed by atoms with Crippen molar-refractivity contribution >= 4 is 22.4 Å². The number of amides is 1. The van der Waals surface area contributed by atoms with Crippen LogP contribution in [0.4, 0.5) is 5.13 Å². The molecular weight excluding hydrogens is 380 g/mol. The maximum Gasteiger partial charge on any atom is 0.233 e. The Morgan fingerprint density at radius 1 is 0.966 bits per heavy atom. The summed E-state index contributed by atoms with van der Waals surface area (Å²) in [5, 5.41) is 3.34. The minimum atomic E-state index is -0.244. The van der Waals surface area contributed by atoms with Gasteiger partial charge in [0.1, 0.15) is 0 Å². The largest absolute Gasteiger partial charge is 0.345 e. The Bertz CT molecular complexity index is 834. The highest BCUT2D eigenvalue weighted by atomic mass is 32.1. The SMILES string of the molecule is O=C(N1CCN(c2nc(CN3CCCCC3)cs2)CC1)C1(c2ccccc2)CC1. The van der Waals surface area contributed by atoms with E-state index in [0.717, 1.165) is 50.7 Å². The first-order valence-corrected chi connectivity index (χ1v) is 11.9. The number of benzene rings is 1. The number of piperidine rings is 1. The van der Waals surface area contributed by atoms with Crippen molar-refractivity contribution in [2.24, 2.45) is 0 Å². The average molecular weight is 411 g/mol. The van der Waals surface area contributed by atoms with Gasteiger partial charge in [0.05, 0.1) is 11.1 Å². The second-order valence-electron chi connectivity index (χ2n) is 8.69. The van der Waals surface area contributed by atoms with Gasteiger partial charge in [0.2, 0.25) is 5.91 Å². The molecule has 0 bridgehead atoms. The molecule has 1 aliphatic carbocycles. The first-order chi connectivity index (χ1) is 14.2. The van der Waals surface area contributed by atoms with Crippen molar-refractivity contribution in [1.82, 2.24) is 14.8 Å². The standard InChI is InChI=1S/C23H30N4OS/c28-21(23(9-10-23)19-7-3-1-4-8-19)26-13-15-27(16-14-26)22-24-20(18-29-22)17-25-11-5-2-6-12-25/h1,3-4,7-8,18H,2,5-6,9-17H2. The molecule has 2 saturated heterocycles. The van der Waals surface area contributed by atoms with E-state index in [1.54, 1.807) is 11.3 Å². The predicted molar refractivity (Wildman–Crippen MR) is 117 cm³/mol. The lowest BCUT2D eigenvalue weighted by Crippen LogP contribution is -2.51. The van der Waals surface area contributed by atoms with E-state index in [1.165, 1.54) is 43.6 Å². The van der Waals surface area contributed by atoms with Gasteiger partial charge < -0.3 is 9.80 Å². The van der Waals surface area contributed by atoms with Crippen LogP contribution < -0.4 is 4.90 Å². The summed E-state index contributed by atoms with van der Waals surface area (Å²) in [4.78, 5) is 25.1. The minimum absolute atomic E-state index is 0.244. The molecule has 0 spiro atoms. The van der Waals surface area contributed by atoms with Crippen LogP contribution in [0.25, 0.3) is 0 Å². The Balaban J connectivity index is 1.17. The zero-order valence-corrected chi connectivity index (χ0v) is 17.9. The number of piperazine rings is 1. The molecule has 0 N–H and O–H groups in total. The zero-order valence-electron chi connectivity index (χ0n) is 17.1. The Morgan fingerprint density at radius 2 is 1.69 bits per heavy atom. The van der Waals surface area contributed by atoms with E-state index in [1.807, 2.05) is 18.2 Å². The van der Waals surface area contributed by atoms with Crippen LogP contribution >= 0.6 is 11.3 Å². The highest BCUT2D eigenvalue weighted by molar-refractivity contribution is 7.13. The summed E-state index contributed by atoms with van der Waals surface area (Å²) in [5.41, 5.74) is 2.15. The molecule has 1 amide bonds. The monoisotopic (exact) mass is 410 g/mol. The van der Waals surface area contributed by atoms with Crippen LogP contribution in [-0.4, -0.2) is 60.0 Å². The van der Waals surface area contributed by atoms with Gasteiger partial charge in [-0.05, 0) is 44.3 Å². The number of aromatic nitrogens is 1. The number of thiazole rings is 1. The van der Waals surface area contributed by atoms with E-state index in [9.17, 15) is 4.79 Å². The summed E-state index contributed by atoms with van der Waals surface area (Å²) >= 11 is 1.75. The zero-order chi connectivity index (χ0) is 19.7. The average Bonchev–Trinajstić information content (AvgIpc) is 3.47. The Hall–Kier alpha value is -1.92. The highest BCUT2D eigenvalue weighted by Gasteiger charge is 2.53. The van der Waals surface area contributed by atoms with Crippen molar-refractivity contribution in [2.75, 3.05) is 44.2 Å². The number of carbonyl (C=O) groups excluding carboxylic acids is 1. The van der Waals surface area contributed by atoms with Crippen LogP contribution in [0.3, 0.4) is 0 Å². The lowest BCUT2D eigenvalue weighted by Gasteiger charge is -2.36. The van der Waals surface area contributed by atoms with E-state index in [4.69, 9.17) is 4.98 Å². The molecule has 3 heterocycles.